The Morgan fingerprint density at radius 3 is 1.95 bits per heavy atom. The maximum absolute atomic E-state index is 10.7. The average Bonchev–Trinajstić information content (AvgIpc) is 2.49. The van der Waals surface area contributed by atoms with Gasteiger partial charge in [0.2, 0.25) is 0 Å². The summed E-state index contributed by atoms with van der Waals surface area (Å²) in [6.45, 7) is 0. The number of nitriles is 2. The van der Waals surface area contributed by atoms with Crippen molar-refractivity contribution in [2.24, 2.45) is 0 Å². The molecule has 0 aliphatic carbocycles. The normalized spacial score (nSPS) is 8.11. The number of pyridine rings is 1. The molecule has 0 saturated carbocycles. The molecule has 92 valence electrons. The number of rotatable bonds is 1. The van der Waals surface area contributed by atoms with E-state index in [0.29, 0.717) is 5.56 Å². The van der Waals surface area contributed by atoms with Crippen LogP contribution in [0.4, 0.5) is 0 Å². The van der Waals surface area contributed by atoms with Crippen molar-refractivity contribution in [2.45, 2.75) is 0 Å². The highest BCUT2D eigenvalue weighted by atomic mass is 16.3. The lowest BCUT2D eigenvalue weighted by Crippen LogP contribution is -1.93. The molecule has 0 fully saturated rings. The van der Waals surface area contributed by atoms with Crippen LogP contribution in [0.15, 0.2) is 60.4 Å². The van der Waals surface area contributed by atoms with Gasteiger partial charge in [0, 0.05) is 12.1 Å². The lowest BCUT2D eigenvalue weighted by atomic mass is 10.1. The van der Waals surface area contributed by atoms with Gasteiger partial charge in [-0.3, -0.25) is 0 Å². The predicted octanol–water partition coefficient (Wildman–Crippen LogP) is 1.69. The first-order valence-electron chi connectivity index (χ1n) is 5.46. The summed E-state index contributed by atoms with van der Waals surface area (Å²) in [5, 5.41) is 27.6. The van der Waals surface area contributed by atoms with Gasteiger partial charge in [-0.25, -0.2) is 4.98 Å². The first kappa shape index (κ1) is 14.0. The Balaban J connectivity index is 0.000000250. The second-order valence-electron chi connectivity index (χ2n) is 3.43. The molecule has 19 heavy (non-hydrogen) atoms. The Hall–Kier alpha value is -3.11. The van der Waals surface area contributed by atoms with Crippen molar-refractivity contribution >= 4 is 6.08 Å². The van der Waals surface area contributed by atoms with Crippen LogP contribution >= 0.6 is 0 Å². The smallest absolute Gasteiger partial charge is 0.166 e. The fraction of sp³-hybridized carbons (Fsp3) is 0. The molecular formula is C15H11N3O. The van der Waals surface area contributed by atoms with Gasteiger partial charge in [-0.2, -0.15) is 10.5 Å². The van der Waals surface area contributed by atoms with E-state index in [2.05, 4.69) is 4.98 Å². The van der Waals surface area contributed by atoms with E-state index in [1.54, 1.807) is 24.3 Å². The Labute approximate surface area is 111 Å². The number of allylic oxidation sites excluding steroid dienone is 1. The van der Waals surface area contributed by atoms with Crippen LogP contribution in [-0.2, 0) is 0 Å². The maximum Gasteiger partial charge on any atom is 0.166 e. The van der Waals surface area contributed by atoms with E-state index in [-0.39, 0.29) is 11.3 Å². The molecule has 1 N–H and O–H groups in total. The van der Waals surface area contributed by atoms with E-state index in [1.807, 2.05) is 30.6 Å². The first-order valence-corrected chi connectivity index (χ1v) is 5.46. The number of nitrogens with one attached hydrogen (secondary N) is 1. The Bertz CT molecular complexity index is 562. The zero-order chi connectivity index (χ0) is 13.9. The van der Waals surface area contributed by atoms with E-state index in [1.165, 1.54) is 18.2 Å². The first-order chi connectivity index (χ1) is 9.26. The van der Waals surface area contributed by atoms with E-state index < -0.39 is 0 Å². The standard InChI is InChI=1S/C10H6N2O.C5H5N/c11-6-9(7-12)5-8-1-3-10(13)4-2-8;1-2-4-6-5-3-1/h1-5,13H;1-5H. The zero-order valence-electron chi connectivity index (χ0n) is 10.1. The monoisotopic (exact) mass is 249 g/mol. The van der Waals surface area contributed by atoms with Crippen molar-refractivity contribution < 1.29 is 10.1 Å². The number of nitrogens with zero attached hydrogens (tertiary/aromatic N) is 2. The summed E-state index contributed by atoms with van der Waals surface area (Å²) in [7, 11) is 0. The van der Waals surface area contributed by atoms with Crippen LogP contribution in [-0.4, -0.2) is 0 Å². The summed E-state index contributed by atoms with van der Waals surface area (Å²) < 4.78 is 0. The summed E-state index contributed by atoms with van der Waals surface area (Å²) in [5.41, 5.74) is 0.705. The van der Waals surface area contributed by atoms with Gasteiger partial charge in [-0.05, 0) is 11.6 Å². The van der Waals surface area contributed by atoms with Crippen LogP contribution in [0.5, 0.6) is 5.75 Å². The number of H-pyrrole nitrogens is 1. The molecule has 0 amide bonds. The quantitative estimate of drug-likeness (QED) is 0.721. The van der Waals surface area contributed by atoms with E-state index in [4.69, 9.17) is 10.5 Å². The van der Waals surface area contributed by atoms with Crippen LogP contribution in [0.1, 0.15) is 5.56 Å². The molecule has 0 atom stereocenters. The number of aromatic amines is 1. The van der Waals surface area contributed by atoms with E-state index in [0.717, 1.165) is 0 Å². The summed E-state index contributed by atoms with van der Waals surface area (Å²) in [5.74, 6) is -0.0902. The summed E-state index contributed by atoms with van der Waals surface area (Å²) in [4.78, 5) is 2.89. The fourth-order valence-corrected chi connectivity index (χ4v) is 1.16. The maximum atomic E-state index is 10.7. The number of hydrogen-bond acceptors (Lipinski definition) is 3. The van der Waals surface area contributed by atoms with Gasteiger partial charge in [-0.15, -0.1) is 5.75 Å². The van der Waals surface area contributed by atoms with E-state index in [9.17, 15) is 5.11 Å². The van der Waals surface area contributed by atoms with E-state index >= 15 is 0 Å². The minimum Gasteiger partial charge on any atom is -0.872 e. The second kappa shape index (κ2) is 8.05. The van der Waals surface area contributed by atoms with Crippen molar-refractivity contribution in [3.8, 4) is 17.9 Å². The molecular weight excluding hydrogens is 238 g/mol. The number of benzene rings is 1. The molecule has 4 heteroatoms. The molecule has 2 rings (SSSR count). The van der Waals surface area contributed by atoms with Crippen molar-refractivity contribution in [1.82, 2.24) is 0 Å². The SMILES string of the molecule is N#CC(C#N)=Cc1ccc([O-])cc1.c1cc[nH+]cc1. The third-order valence-electron chi connectivity index (χ3n) is 2.04. The topological polar surface area (TPSA) is 84.8 Å². The van der Waals surface area contributed by atoms with Gasteiger partial charge >= 0.3 is 0 Å². The van der Waals surface area contributed by atoms with Gasteiger partial charge in [0.25, 0.3) is 0 Å². The fourth-order valence-electron chi connectivity index (χ4n) is 1.16. The van der Waals surface area contributed by atoms with Gasteiger partial charge in [0.15, 0.2) is 12.4 Å². The summed E-state index contributed by atoms with van der Waals surface area (Å²) in [6.07, 6.45) is 5.18. The van der Waals surface area contributed by atoms with Crippen molar-refractivity contribution in [1.29, 1.82) is 10.5 Å². The molecule has 0 bridgehead atoms. The number of aromatic nitrogens is 1. The van der Waals surface area contributed by atoms with Gasteiger partial charge in [0.05, 0.1) is 0 Å². The van der Waals surface area contributed by atoms with Crippen molar-refractivity contribution in [2.75, 3.05) is 0 Å². The highest BCUT2D eigenvalue weighted by molar-refractivity contribution is 5.62. The van der Waals surface area contributed by atoms with Crippen molar-refractivity contribution in [3.05, 3.63) is 66.0 Å². The molecule has 1 aromatic carbocycles. The Kier molecular flexibility index (Phi) is 5.91. The summed E-state index contributed by atoms with van der Waals surface area (Å²) >= 11 is 0. The predicted molar refractivity (Wildman–Crippen MR) is 68.1 cm³/mol. The lowest BCUT2D eigenvalue weighted by Gasteiger charge is -2.02. The highest BCUT2D eigenvalue weighted by Gasteiger charge is 1.91. The zero-order valence-corrected chi connectivity index (χ0v) is 10.1. The molecule has 0 aliphatic heterocycles. The lowest BCUT2D eigenvalue weighted by molar-refractivity contribution is -0.377. The van der Waals surface area contributed by atoms with Crippen LogP contribution in [0, 0.1) is 22.7 Å². The molecule has 0 radical (unpaired) electrons. The van der Waals surface area contributed by atoms with Crippen LogP contribution in [0.25, 0.3) is 6.08 Å². The Morgan fingerprint density at radius 2 is 1.58 bits per heavy atom. The second-order valence-corrected chi connectivity index (χ2v) is 3.43. The van der Waals surface area contributed by atoms with Crippen LogP contribution in [0.2, 0.25) is 0 Å². The largest absolute Gasteiger partial charge is 0.872 e. The molecule has 2 aromatic rings. The number of hydrogen-bond donors (Lipinski definition) is 0. The summed E-state index contributed by atoms with van der Waals surface area (Å²) in [6, 6.07) is 15.2. The van der Waals surface area contributed by atoms with Gasteiger partial charge < -0.3 is 5.11 Å². The molecule has 1 heterocycles. The molecule has 0 spiro atoms. The molecule has 0 aliphatic rings. The van der Waals surface area contributed by atoms with Gasteiger partial charge in [-0.1, -0.05) is 30.3 Å². The minimum atomic E-state index is -0.0902. The van der Waals surface area contributed by atoms with Crippen LogP contribution in [0.3, 0.4) is 0 Å². The third kappa shape index (κ3) is 5.67. The molecule has 0 saturated heterocycles. The average molecular weight is 249 g/mol. The third-order valence-corrected chi connectivity index (χ3v) is 2.04. The molecule has 0 unspecified atom stereocenters. The van der Waals surface area contributed by atoms with Gasteiger partial charge in [0.1, 0.15) is 17.7 Å². The highest BCUT2D eigenvalue weighted by Crippen LogP contribution is 2.09. The van der Waals surface area contributed by atoms with Crippen LogP contribution < -0.4 is 10.1 Å². The Morgan fingerprint density at radius 1 is 1.00 bits per heavy atom. The molecule has 4 nitrogen and oxygen atoms in total. The molecule has 1 aromatic heterocycles. The minimum absolute atomic E-state index is 0.0265. The van der Waals surface area contributed by atoms with Crippen molar-refractivity contribution in [3.63, 3.8) is 0 Å².